The Balaban J connectivity index is 2.21. The quantitative estimate of drug-likeness (QED) is 0.666. The van der Waals surface area contributed by atoms with E-state index >= 15 is 0 Å². The van der Waals surface area contributed by atoms with Crippen LogP contribution in [0.5, 0.6) is 0 Å². The van der Waals surface area contributed by atoms with Gasteiger partial charge in [0, 0.05) is 0 Å². The van der Waals surface area contributed by atoms with E-state index in [2.05, 4.69) is 9.72 Å². The van der Waals surface area contributed by atoms with Gasteiger partial charge < -0.3 is 20.2 Å². The molecule has 0 bridgehead atoms. The summed E-state index contributed by atoms with van der Waals surface area (Å²) in [6, 6.07) is 0. The zero-order valence-electron chi connectivity index (χ0n) is 9.05. The van der Waals surface area contributed by atoms with Crippen LogP contribution in [0, 0.1) is 0 Å². The van der Waals surface area contributed by atoms with Gasteiger partial charge in [-0.3, -0.25) is 0 Å². The van der Waals surface area contributed by atoms with Crippen molar-refractivity contribution in [3.63, 3.8) is 0 Å². The van der Waals surface area contributed by atoms with Crippen molar-refractivity contribution in [2.75, 3.05) is 44.2 Å². The average Bonchev–Trinajstić information content (AvgIpc) is 2.71. The van der Waals surface area contributed by atoms with Crippen molar-refractivity contribution < 1.29 is 14.3 Å². The molecule has 0 spiro atoms. The van der Waals surface area contributed by atoms with Crippen LogP contribution >= 0.6 is 0 Å². The Morgan fingerprint density at radius 3 is 2.88 bits per heavy atom. The van der Waals surface area contributed by atoms with Gasteiger partial charge in [0.1, 0.15) is 6.33 Å². The normalized spacial score (nSPS) is 16.2. The van der Waals surface area contributed by atoms with Gasteiger partial charge in [0.15, 0.2) is 11.5 Å². The molecule has 1 saturated heterocycles. The molecule has 0 amide bonds. The Kier molecular flexibility index (Phi) is 2.95. The van der Waals surface area contributed by atoms with Crippen molar-refractivity contribution in [1.82, 2.24) is 9.66 Å². The summed E-state index contributed by atoms with van der Waals surface area (Å²) in [5.74, 6) is -0.224. The van der Waals surface area contributed by atoms with E-state index in [1.807, 2.05) is 5.01 Å². The summed E-state index contributed by atoms with van der Waals surface area (Å²) < 4.78 is 11.5. The number of anilines is 1. The van der Waals surface area contributed by atoms with E-state index in [1.54, 1.807) is 4.68 Å². The number of imidazole rings is 1. The van der Waals surface area contributed by atoms with Gasteiger partial charge in [-0.1, -0.05) is 0 Å². The maximum atomic E-state index is 11.3. The van der Waals surface area contributed by atoms with Crippen molar-refractivity contribution in [3.8, 4) is 0 Å². The first-order valence-electron chi connectivity index (χ1n) is 4.98. The molecule has 2 rings (SSSR count). The number of carbonyl (C=O) groups is 1. The van der Waals surface area contributed by atoms with Crippen molar-refractivity contribution in [2.24, 2.45) is 0 Å². The molecular formula is C9H14N4O3. The van der Waals surface area contributed by atoms with Gasteiger partial charge in [0.2, 0.25) is 0 Å². The van der Waals surface area contributed by atoms with Gasteiger partial charge in [0.05, 0.1) is 33.4 Å². The fraction of sp³-hybridized carbons (Fsp3) is 0.556. The first-order chi connectivity index (χ1) is 7.74. The van der Waals surface area contributed by atoms with Crippen LogP contribution in [0.15, 0.2) is 6.33 Å². The molecule has 0 unspecified atom stereocenters. The number of hydrogen-bond donors (Lipinski definition) is 1. The topological polar surface area (TPSA) is 82.6 Å². The number of aromatic nitrogens is 2. The number of morpholine rings is 1. The maximum absolute atomic E-state index is 11.3. The van der Waals surface area contributed by atoms with Crippen LogP contribution in [0.25, 0.3) is 0 Å². The molecule has 0 atom stereocenters. The Morgan fingerprint density at radius 2 is 2.25 bits per heavy atom. The minimum atomic E-state index is -0.524. The fourth-order valence-corrected chi connectivity index (χ4v) is 1.60. The first-order valence-corrected chi connectivity index (χ1v) is 4.98. The Labute approximate surface area is 92.7 Å². The summed E-state index contributed by atoms with van der Waals surface area (Å²) in [5, 5.41) is 1.97. The van der Waals surface area contributed by atoms with E-state index < -0.39 is 5.97 Å². The molecule has 7 nitrogen and oxygen atoms in total. The summed E-state index contributed by atoms with van der Waals surface area (Å²) in [5.41, 5.74) is 5.98. The van der Waals surface area contributed by atoms with Gasteiger partial charge in [-0.25, -0.2) is 14.5 Å². The molecule has 1 aromatic heterocycles. The number of nitrogens with zero attached hydrogens (tertiary/aromatic N) is 3. The number of methoxy groups -OCH3 is 1. The molecule has 7 heteroatoms. The minimum Gasteiger partial charge on any atom is -0.464 e. The van der Waals surface area contributed by atoms with E-state index in [0.29, 0.717) is 19.0 Å². The Bertz CT molecular complexity index is 384. The number of hydrogen-bond acceptors (Lipinski definition) is 6. The monoisotopic (exact) mass is 226 g/mol. The van der Waals surface area contributed by atoms with E-state index in [1.165, 1.54) is 13.4 Å². The van der Waals surface area contributed by atoms with Crippen LogP contribution in [0.1, 0.15) is 10.5 Å². The summed E-state index contributed by atoms with van der Waals surface area (Å²) in [7, 11) is 1.30. The number of rotatable bonds is 2. The zero-order valence-corrected chi connectivity index (χ0v) is 9.05. The maximum Gasteiger partial charge on any atom is 0.360 e. The molecule has 1 aromatic rings. The third-order valence-corrected chi connectivity index (χ3v) is 2.46. The second-order valence-electron chi connectivity index (χ2n) is 3.38. The molecule has 0 radical (unpaired) electrons. The molecule has 88 valence electrons. The van der Waals surface area contributed by atoms with Crippen molar-refractivity contribution in [2.45, 2.75) is 0 Å². The predicted octanol–water partition coefficient (Wildman–Crippen LogP) is -0.780. The van der Waals surface area contributed by atoms with E-state index in [4.69, 9.17) is 10.5 Å². The summed E-state index contributed by atoms with van der Waals surface area (Å²) in [6.45, 7) is 2.73. The van der Waals surface area contributed by atoms with Gasteiger partial charge in [-0.15, -0.1) is 0 Å². The second-order valence-corrected chi connectivity index (χ2v) is 3.38. The highest BCUT2D eigenvalue weighted by Gasteiger charge is 2.20. The lowest BCUT2D eigenvalue weighted by Crippen LogP contribution is -2.44. The fourth-order valence-electron chi connectivity index (χ4n) is 1.60. The second kappa shape index (κ2) is 4.40. The first kappa shape index (κ1) is 10.7. The Hall–Kier alpha value is -1.76. The third-order valence-electron chi connectivity index (χ3n) is 2.46. The Morgan fingerprint density at radius 1 is 1.56 bits per heavy atom. The smallest absolute Gasteiger partial charge is 0.360 e. The zero-order chi connectivity index (χ0) is 11.5. The van der Waals surface area contributed by atoms with Crippen LogP contribution in [0.4, 0.5) is 5.82 Å². The molecule has 1 fully saturated rings. The molecule has 1 aliphatic heterocycles. The van der Waals surface area contributed by atoms with Gasteiger partial charge in [-0.05, 0) is 0 Å². The largest absolute Gasteiger partial charge is 0.464 e. The molecular weight excluding hydrogens is 212 g/mol. The highest BCUT2D eigenvalue weighted by Crippen LogP contribution is 2.12. The van der Waals surface area contributed by atoms with Crippen LogP contribution in [0.3, 0.4) is 0 Å². The highest BCUT2D eigenvalue weighted by atomic mass is 16.5. The van der Waals surface area contributed by atoms with Crippen molar-refractivity contribution in [3.05, 3.63) is 12.0 Å². The molecule has 0 aliphatic carbocycles. The third kappa shape index (κ3) is 1.81. The van der Waals surface area contributed by atoms with E-state index in [0.717, 1.165) is 13.1 Å². The molecule has 2 N–H and O–H groups in total. The van der Waals surface area contributed by atoms with E-state index in [9.17, 15) is 4.79 Å². The standard InChI is InChI=1S/C9H14N4O3/c1-15-9(14)7-8(10)13(6-11-7)12-2-4-16-5-3-12/h6H,2-5,10H2,1H3. The highest BCUT2D eigenvalue weighted by molar-refractivity contribution is 5.92. The summed E-state index contributed by atoms with van der Waals surface area (Å²) >= 11 is 0. The molecule has 16 heavy (non-hydrogen) atoms. The molecule has 0 saturated carbocycles. The van der Waals surface area contributed by atoms with Crippen LogP contribution < -0.4 is 10.7 Å². The lowest BCUT2D eigenvalue weighted by molar-refractivity contribution is 0.0596. The van der Waals surface area contributed by atoms with Crippen LogP contribution in [-0.4, -0.2) is 49.0 Å². The van der Waals surface area contributed by atoms with Gasteiger partial charge >= 0.3 is 5.97 Å². The van der Waals surface area contributed by atoms with E-state index in [-0.39, 0.29) is 5.69 Å². The van der Waals surface area contributed by atoms with Crippen molar-refractivity contribution in [1.29, 1.82) is 0 Å². The molecule has 0 aromatic carbocycles. The van der Waals surface area contributed by atoms with Crippen LogP contribution in [-0.2, 0) is 9.47 Å². The number of nitrogens with two attached hydrogens (primary N) is 1. The minimum absolute atomic E-state index is 0.147. The molecule has 2 heterocycles. The summed E-state index contributed by atoms with van der Waals surface area (Å²) in [6.07, 6.45) is 1.52. The number of nitrogen functional groups attached to an aromatic ring is 1. The number of ether oxygens (including phenoxy) is 2. The van der Waals surface area contributed by atoms with Crippen LogP contribution in [0.2, 0.25) is 0 Å². The SMILES string of the molecule is COC(=O)c1ncn(N2CCOCC2)c1N. The number of esters is 1. The molecule has 1 aliphatic rings. The number of carbonyl (C=O) groups excluding carboxylic acids is 1. The average molecular weight is 226 g/mol. The predicted molar refractivity (Wildman–Crippen MR) is 56.7 cm³/mol. The van der Waals surface area contributed by atoms with Crippen molar-refractivity contribution >= 4 is 11.8 Å². The lowest BCUT2D eigenvalue weighted by atomic mass is 10.4. The lowest BCUT2D eigenvalue weighted by Gasteiger charge is -2.29. The van der Waals surface area contributed by atoms with Gasteiger partial charge in [-0.2, -0.15) is 0 Å². The van der Waals surface area contributed by atoms with Gasteiger partial charge in [0.25, 0.3) is 0 Å². The summed E-state index contributed by atoms with van der Waals surface area (Å²) in [4.78, 5) is 15.3.